The molecule has 3 rings (SSSR count). The molecule has 0 bridgehead atoms. The van der Waals surface area contributed by atoms with Crippen molar-refractivity contribution >= 4 is 21.6 Å². The molecule has 0 saturated carbocycles. The SMILES string of the molecule is CN(CCCC(=O)N1CCCc2c(F)cc(F)cc21)S(=O)(=O)c1ccc(F)cc1. The molecule has 2 aromatic rings. The quantitative estimate of drug-likeness (QED) is 0.711. The van der Waals surface area contributed by atoms with Crippen molar-refractivity contribution in [3.05, 3.63) is 59.4 Å². The number of halogens is 3. The number of hydrogen-bond donors (Lipinski definition) is 0. The third-order valence-corrected chi connectivity index (χ3v) is 6.79. The Bertz CT molecular complexity index is 1010. The first-order valence-electron chi connectivity index (χ1n) is 9.20. The van der Waals surface area contributed by atoms with E-state index in [1.165, 1.54) is 24.1 Å². The predicted molar refractivity (Wildman–Crippen MR) is 102 cm³/mol. The van der Waals surface area contributed by atoms with Crippen LogP contribution in [0.15, 0.2) is 41.3 Å². The van der Waals surface area contributed by atoms with Crippen molar-refractivity contribution in [3.63, 3.8) is 0 Å². The van der Waals surface area contributed by atoms with Crippen LogP contribution in [0.5, 0.6) is 0 Å². The maximum atomic E-state index is 14.0. The van der Waals surface area contributed by atoms with Crippen LogP contribution in [0.1, 0.15) is 24.8 Å². The second-order valence-electron chi connectivity index (χ2n) is 6.92. The summed E-state index contributed by atoms with van der Waals surface area (Å²) in [6.07, 6.45) is 1.27. The molecule has 0 aromatic heterocycles. The summed E-state index contributed by atoms with van der Waals surface area (Å²) in [6.45, 7) is 0.433. The first kappa shape index (κ1) is 21.3. The first-order valence-corrected chi connectivity index (χ1v) is 10.6. The van der Waals surface area contributed by atoms with Crippen LogP contribution in [0.25, 0.3) is 0 Å². The van der Waals surface area contributed by atoms with Crippen molar-refractivity contribution < 1.29 is 26.4 Å². The van der Waals surface area contributed by atoms with Crippen LogP contribution >= 0.6 is 0 Å². The van der Waals surface area contributed by atoms with Gasteiger partial charge in [-0.05, 0) is 49.6 Å². The van der Waals surface area contributed by atoms with Crippen LogP contribution < -0.4 is 4.90 Å². The Morgan fingerprint density at radius 3 is 2.48 bits per heavy atom. The molecule has 0 unspecified atom stereocenters. The van der Waals surface area contributed by atoms with Crippen LogP contribution in [-0.2, 0) is 21.2 Å². The monoisotopic (exact) mass is 426 g/mol. The molecule has 1 aliphatic rings. The Labute approximate surface area is 167 Å². The van der Waals surface area contributed by atoms with Gasteiger partial charge in [0, 0.05) is 38.2 Å². The molecule has 0 fully saturated rings. The van der Waals surface area contributed by atoms with Crippen LogP contribution in [0.2, 0.25) is 0 Å². The van der Waals surface area contributed by atoms with Gasteiger partial charge < -0.3 is 4.90 Å². The van der Waals surface area contributed by atoms with Crippen molar-refractivity contribution in [3.8, 4) is 0 Å². The molecule has 0 atom stereocenters. The number of amides is 1. The fourth-order valence-corrected chi connectivity index (χ4v) is 4.58. The molecule has 9 heteroatoms. The van der Waals surface area contributed by atoms with E-state index >= 15 is 0 Å². The second kappa shape index (κ2) is 8.54. The predicted octanol–water partition coefficient (Wildman–Crippen LogP) is 3.48. The van der Waals surface area contributed by atoms with E-state index < -0.39 is 27.5 Å². The third kappa shape index (κ3) is 4.62. The van der Waals surface area contributed by atoms with Crippen LogP contribution in [0.4, 0.5) is 18.9 Å². The number of hydrogen-bond acceptors (Lipinski definition) is 3. The summed E-state index contributed by atoms with van der Waals surface area (Å²) >= 11 is 0. The summed E-state index contributed by atoms with van der Waals surface area (Å²) in [5.41, 5.74) is 0.563. The minimum atomic E-state index is -3.80. The van der Waals surface area contributed by atoms with E-state index in [0.29, 0.717) is 24.9 Å². The molecule has 156 valence electrons. The molecule has 2 aromatic carbocycles. The highest BCUT2D eigenvalue weighted by molar-refractivity contribution is 7.89. The number of benzene rings is 2. The smallest absolute Gasteiger partial charge is 0.242 e. The van der Waals surface area contributed by atoms with Crippen molar-refractivity contribution in [2.75, 3.05) is 25.0 Å². The molecule has 1 aliphatic heterocycles. The molecule has 0 aliphatic carbocycles. The normalized spacial score (nSPS) is 14.2. The Kier molecular flexibility index (Phi) is 6.28. The largest absolute Gasteiger partial charge is 0.312 e. The zero-order valence-electron chi connectivity index (χ0n) is 15.9. The third-order valence-electron chi connectivity index (χ3n) is 4.92. The molecule has 29 heavy (non-hydrogen) atoms. The van der Waals surface area contributed by atoms with Crippen molar-refractivity contribution in [1.82, 2.24) is 4.31 Å². The maximum absolute atomic E-state index is 14.0. The number of carbonyl (C=O) groups is 1. The van der Waals surface area contributed by atoms with Crippen molar-refractivity contribution in [1.29, 1.82) is 0 Å². The van der Waals surface area contributed by atoms with E-state index in [4.69, 9.17) is 0 Å². The zero-order chi connectivity index (χ0) is 21.2. The fourth-order valence-electron chi connectivity index (χ4n) is 3.37. The number of sulfonamides is 1. The number of nitrogens with zero attached hydrogens (tertiary/aromatic N) is 2. The van der Waals surface area contributed by atoms with Gasteiger partial charge in [0.1, 0.15) is 17.5 Å². The lowest BCUT2D eigenvalue weighted by atomic mass is 10.0. The van der Waals surface area contributed by atoms with Gasteiger partial charge in [-0.3, -0.25) is 4.79 Å². The molecule has 0 spiro atoms. The highest BCUT2D eigenvalue weighted by Gasteiger charge is 2.26. The molecule has 1 heterocycles. The average molecular weight is 426 g/mol. The lowest BCUT2D eigenvalue weighted by Gasteiger charge is -2.30. The van der Waals surface area contributed by atoms with E-state index in [1.54, 1.807) is 0 Å². The summed E-state index contributed by atoms with van der Waals surface area (Å²) < 4.78 is 66.6. The van der Waals surface area contributed by atoms with Gasteiger partial charge in [0.05, 0.1) is 10.6 Å². The number of anilines is 1. The fraction of sp³-hybridized carbons (Fsp3) is 0.350. The summed E-state index contributed by atoms with van der Waals surface area (Å²) in [4.78, 5) is 13.9. The van der Waals surface area contributed by atoms with Gasteiger partial charge >= 0.3 is 0 Å². The van der Waals surface area contributed by atoms with Crippen LogP contribution in [-0.4, -0.2) is 38.8 Å². The maximum Gasteiger partial charge on any atom is 0.242 e. The van der Waals surface area contributed by atoms with E-state index in [2.05, 4.69) is 0 Å². The topological polar surface area (TPSA) is 57.7 Å². The number of carbonyl (C=O) groups excluding carboxylic acids is 1. The molecule has 0 saturated heterocycles. The van der Waals surface area contributed by atoms with Gasteiger partial charge in [-0.1, -0.05) is 0 Å². The Balaban J connectivity index is 1.63. The standard InChI is InChI=1S/C20H21F3N2O3S/c1-24(29(27,28)16-8-6-14(21)7-9-16)10-3-5-20(26)25-11-2-4-17-18(23)12-15(22)13-19(17)25/h6-9,12-13H,2-5,10-11H2,1H3. The van der Waals surface area contributed by atoms with E-state index in [9.17, 15) is 26.4 Å². The van der Waals surface area contributed by atoms with Gasteiger partial charge in [0.2, 0.25) is 15.9 Å². The highest BCUT2D eigenvalue weighted by atomic mass is 32.2. The van der Waals surface area contributed by atoms with Crippen molar-refractivity contribution in [2.45, 2.75) is 30.6 Å². The molecule has 0 N–H and O–H groups in total. The number of rotatable bonds is 6. The van der Waals surface area contributed by atoms with E-state index in [1.807, 2.05) is 0 Å². The summed E-state index contributed by atoms with van der Waals surface area (Å²) in [7, 11) is -2.42. The van der Waals surface area contributed by atoms with Gasteiger partial charge in [0.25, 0.3) is 0 Å². The summed E-state index contributed by atoms with van der Waals surface area (Å²) in [5.74, 6) is -2.26. The zero-order valence-corrected chi connectivity index (χ0v) is 16.7. The minimum Gasteiger partial charge on any atom is -0.312 e. The Hall–Kier alpha value is -2.39. The second-order valence-corrected chi connectivity index (χ2v) is 8.96. The molecular formula is C20H21F3N2O3S. The van der Waals surface area contributed by atoms with Crippen LogP contribution in [0, 0.1) is 17.5 Å². The molecule has 5 nitrogen and oxygen atoms in total. The van der Waals surface area contributed by atoms with Gasteiger partial charge in [0.15, 0.2) is 0 Å². The van der Waals surface area contributed by atoms with Crippen molar-refractivity contribution in [2.24, 2.45) is 0 Å². The van der Waals surface area contributed by atoms with Gasteiger partial charge in [-0.25, -0.2) is 25.9 Å². The molecular weight excluding hydrogens is 405 g/mol. The Morgan fingerprint density at radius 1 is 1.10 bits per heavy atom. The summed E-state index contributed by atoms with van der Waals surface area (Å²) in [5, 5.41) is 0. The average Bonchev–Trinajstić information content (AvgIpc) is 2.67. The summed E-state index contributed by atoms with van der Waals surface area (Å²) in [6, 6.07) is 6.45. The lowest BCUT2D eigenvalue weighted by Crippen LogP contribution is -2.36. The molecule has 1 amide bonds. The van der Waals surface area contributed by atoms with E-state index in [-0.39, 0.29) is 35.9 Å². The number of fused-ring (bicyclic) bond motifs is 1. The van der Waals surface area contributed by atoms with Gasteiger partial charge in [-0.2, -0.15) is 0 Å². The highest BCUT2D eigenvalue weighted by Crippen LogP contribution is 2.31. The van der Waals surface area contributed by atoms with E-state index in [0.717, 1.165) is 28.6 Å². The Morgan fingerprint density at radius 2 is 1.79 bits per heavy atom. The van der Waals surface area contributed by atoms with Gasteiger partial charge in [-0.15, -0.1) is 0 Å². The lowest BCUT2D eigenvalue weighted by molar-refractivity contribution is -0.118. The first-order chi connectivity index (χ1) is 13.7. The minimum absolute atomic E-state index is 0.0286. The van der Waals surface area contributed by atoms with Crippen LogP contribution in [0.3, 0.4) is 0 Å². The molecule has 0 radical (unpaired) electrons.